The Hall–Kier alpha value is -6.94. The second-order valence-electron chi connectivity index (χ2n) is 14.2. The molecule has 0 bridgehead atoms. The molecule has 0 fully saturated rings. The van der Waals surface area contributed by atoms with Crippen LogP contribution in [0.4, 0.5) is 17.1 Å². The van der Waals surface area contributed by atoms with E-state index in [-0.39, 0.29) is 0 Å². The number of nitrogens with zero attached hydrogens (tertiary/aromatic N) is 1. The van der Waals surface area contributed by atoms with E-state index in [1.165, 1.54) is 53.2 Å². The molecule has 55 heavy (non-hydrogen) atoms. The average Bonchev–Trinajstić information content (AvgIpc) is 3.82. The first kappa shape index (κ1) is 31.6. The Bertz CT molecular complexity index is 3210. The smallest absolute Gasteiger partial charge is 0.135 e. The van der Waals surface area contributed by atoms with Crippen LogP contribution in [0.3, 0.4) is 0 Å². The summed E-state index contributed by atoms with van der Waals surface area (Å²) in [4.78, 5) is 2.38. The monoisotopic (exact) mass is 719 g/mol. The van der Waals surface area contributed by atoms with Crippen molar-refractivity contribution in [3.05, 3.63) is 200 Å². The number of benzene rings is 9. The van der Waals surface area contributed by atoms with Crippen molar-refractivity contribution in [2.24, 2.45) is 0 Å². The SMILES string of the molecule is c1cc(-c2ccc3oc4ccccc4c3c2)cc(N(c2ccc(-c3ccc(-c4ccc5ccccc5c4)cc3)cc2)c2ccc3c(c2)sc2ccccc23)c1. The van der Waals surface area contributed by atoms with E-state index in [0.29, 0.717) is 0 Å². The number of rotatable bonds is 6. The van der Waals surface area contributed by atoms with Gasteiger partial charge >= 0.3 is 0 Å². The van der Waals surface area contributed by atoms with Gasteiger partial charge in [0.15, 0.2) is 0 Å². The molecule has 0 saturated carbocycles. The minimum absolute atomic E-state index is 0.905. The summed E-state index contributed by atoms with van der Waals surface area (Å²) in [5, 5.41) is 7.39. The molecular weight excluding hydrogens is 687 g/mol. The Morgan fingerprint density at radius 3 is 1.75 bits per heavy atom. The van der Waals surface area contributed by atoms with Crippen LogP contribution < -0.4 is 4.90 Å². The van der Waals surface area contributed by atoms with E-state index < -0.39 is 0 Å². The van der Waals surface area contributed by atoms with Gasteiger partial charge in [0.1, 0.15) is 11.2 Å². The highest BCUT2D eigenvalue weighted by Gasteiger charge is 2.17. The molecule has 0 aliphatic carbocycles. The highest BCUT2D eigenvalue weighted by molar-refractivity contribution is 7.25. The van der Waals surface area contributed by atoms with Crippen LogP contribution in [0, 0.1) is 0 Å². The maximum atomic E-state index is 6.15. The lowest BCUT2D eigenvalue weighted by atomic mass is 9.98. The maximum Gasteiger partial charge on any atom is 0.135 e. The van der Waals surface area contributed by atoms with Crippen LogP contribution in [0.25, 0.3) is 86.3 Å². The molecule has 11 aromatic rings. The zero-order valence-corrected chi connectivity index (χ0v) is 30.6. The molecule has 0 unspecified atom stereocenters. The van der Waals surface area contributed by atoms with E-state index >= 15 is 0 Å². The van der Waals surface area contributed by atoms with Gasteiger partial charge in [0, 0.05) is 48.0 Å². The minimum atomic E-state index is 0.905. The number of para-hydroxylation sites is 1. The van der Waals surface area contributed by atoms with E-state index in [1.807, 2.05) is 23.5 Å². The number of fused-ring (bicyclic) bond motifs is 7. The van der Waals surface area contributed by atoms with Gasteiger partial charge in [0.05, 0.1) is 0 Å². The molecule has 2 nitrogen and oxygen atoms in total. The van der Waals surface area contributed by atoms with Gasteiger partial charge in [-0.25, -0.2) is 0 Å². The van der Waals surface area contributed by atoms with Crippen LogP contribution in [0.2, 0.25) is 0 Å². The number of thiophene rings is 1. The van der Waals surface area contributed by atoms with Crippen LogP contribution in [0.15, 0.2) is 205 Å². The van der Waals surface area contributed by atoms with E-state index in [0.717, 1.165) is 50.1 Å². The quantitative estimate of drug-likeness (QED) is 0.170. The first-order chi connectivity index (χ1) is 27.2. The van der Waals surface area contributed by atoms with Crippen LogP contribution in [0.5, 0.6) is 0 Å². The number of furan rings is 1. The van der Waals surface area contributed by atoms with Crippen molar-refractivity contribution >= 4 is 81.3 Å². The molecule has 2 heterocycles. The van der Waals surface area contributed by atoms with Gasteiger partial charge in [0.2, 0.25) is 0 Å². The summed E-state index contributed by atoms with van der Waals surface area (Å²) >= 11 is 1.85. The zero-order chi connectivity index (χ0) is 36.3. The summed E-state index contributed by atoms with van der Waals surface area (Å²) < 4.78 is 8.74. The van der Waals surface area contributed by atoms with E-state index in [2.05, 4.69) is 193 Å². The van der Waals surface area contributed by atoms with Crippen LogP contribution in [-0.4, -0.2) is 0 Å². The van der Waals surface area contributed by atoms with Crippen molar-refractivity contribution < 1.29 is 4.42 Å². The predicted molar refractivity (Wildman–Crippen MR) is 235 cm³/mol. The lowest BCUT2D eigenvalue weighted by molar-refractivity contribution is 0.669. The summed E-state index contributed by atoms with van der Waals surface area (Å²) in [5.41, 5.74) is 12.3. The van der Waals surface area contributed by atoms with Crippen molar-refractivity contribution in [3.8, 4) is 33.4 Å². The predicted octanol–water partition coefficient (Wildman–Crippen LogP) is 15.6. The van der Waals surface area contributed by atoms with Crippen molar-refractivity contribution in [1.82, 2.24) is 0 Å². The summed E-state index contributed by atoms with van der Waals surface area (Å²) in [6, 6.07) is 72.4. The average molecular weight is 720 g/mol. The normalized spacial score (nSPS) is 11.6. The van der Waals surface area contributed by atoms with E-state index in [1.54, 1.807) is 0 Å². The first-order valence-electron chi connectivity index (χ1n) is 18.6. The van der Waals surface area contributed by atoms with Gasteiger partial charge < -0.3 is 9.32 Å². The van der Waals surface area contributed by atoms with Crippen LogP contribution in [0.1, 0.15) is 0 Å². The van der Waals surface area contributed by atoms with Crippen molar-refractivity contribution in [3.63, 3.8) is 0 Å². The summed E-state index contributed by atoms with van der Waals surface area (Å²) in [6.45, 7) is 0. The number of anilines is 3. The summed E-state index contributed by atoms with van der Waals surface area (Å²) in [7, 11) is 0. The largest absolute Gasteiger partial charge is 0.456 e. The molecular formula is C52H33NOS. The topological polar surface area (TPSA) is 16.4 Å². The third-order valence-corrected chi connectivity index (χ3v) is 12.0. The molecule has 0 saturated heterocycles. The fraction of sp³-hybridized carbons (Fsp3) is 0. The molecule has 0 aliphatic heterocycles. The fourth-order valence-corrected chi connectivity index (χ4v) is 9.20. The molecule has 0 amide bonds. The van der Waals surface area contributed by atoms with Gasteiger partial charge in [0.25, 0.3) is 0 Å². The maximum absolute atomic E-state index is 6.15. The van der Waals surface area contributed by atoms with Gasteiger partial charge in [-0.1, -0.05) is 133 Å². The Labute approximate surface area is 322 Å². The summed E-state index contributed by atoms with van der Waals surface area (Å²) in [6.07, 6.45) is 0. The number of hydrogen-bond donors (Lipinski definition) is 0. The fourth-order valence-electron chi connectivity index (χ4n) is 8.06. The Kier molecular flexibility index (Phi) is 7.39. The van der Waals surface area contributed by atoms with Crippen molar-refractivity contribution in [2.45, 2.75) is 0 Å². The molecule has 9 aromatic carbocycles. The van der Waals surface area contributed by atoms with E-state index in [4.69, 9.17) is 4.42 Å². The Morgan fingerprint density at radius 2 is 0.891 bits per heavy atom. The molecule has 0 radical (unpaired) electrons. The van der Waals surface area contributed by atoms with E-state index in [9.17, 15) is 0 Å². The molecule has 2 aromatic heterocycles. The number of hydrogen-bond acceptors (Lipinski definition) is 3. The van der Waals surface area contributed by atoms with Crippen molar-refractivity contribution in [1.29, 1.82) is 0 Å². The Balaban J connectivity index is 0.981. The lowest BCUT2D eigenvalue weighted by Gasteiger charge is -2.26. The third-order valence-electron chi connectivity index (χ3n) is 10.9. The Morgan fingerprint density at radius 1 is 0.309 bits per heavy atom. The molecule has 3 heteroatoms. The molecule has 0 spiro atoms. The second-order valence-corrected chi connectivity index (χ2v) is 15.2. The third kappa shape index (κ3) is 5.56. The second kappa shape index (κ2) is 12.9. The summed E-state index contributed by atoms with van der Waals surface area (Å²) in [5.74, 6) is 0. The van der Waals surface area contributed by atoms with Crippen molar-refractivity contribution in [2.75, 3.05) is 4.90 Å². The van der Waals surface area contributed by atoms with Crippen LogP contribution >= 0.6 is 11.3 Å². The highest BCUT2D eigenvalue weighted by atomic mass is 32.1. The molecule has 0 aliphatic rings. The molecule has 0 atom stereocenters. The first-order valence-corrected chi connectivity index (χ1v) is 19.5. The highest BCUT2D eigenvalue weighted by Crippen LogP contribution is 2.42. The standard InChI is InChI=1S/C52H33NOS/c1-2-9-38-30-40(21-20-34(38)8-1)37-18-16-35(17-19-37)36-22-25-42(26-23-36)53(44-27-28-47-46-13-4-6-15-51(46)55-52(47)33-44)43-11-7-10-39(31-43)41-24-29-50-48(32-41)45-12-3-5-14-49(45)54-50/h1-33H. The lowest BCUT2D eigenvalue weighted by Crippen LogP contribution is -2.09. The van der Waals surface area contributed by atoms with Gasteiger partial charge in [-0.2, -0.15) is 0 Å². The minimum Gasteiger partial charge on any atom is -0.456 e. The van der Waals surface area contributed by atoms with Gasteiger partial charge in [-0.15, -0.1) is 11.3 Å². The molecule has 0 N–H and O–H groups in total. The van der Waals surface area contributed by atoms with Crippen LogP contribution in [-0.2, 0) is 0 Å². The zero-order valence-electron chi connectivity index (χ0n) is 29.8. The van der Waals surface area contributed by atoms with Gasteiger partial charge in [-0.05, 0) is 111 Å². The molecule has 258 valence electrons. The van der Waals surface area contributed by atoms with Gasteiger partial charge in [-0.3, -0.25) is 0 Å². The molecule has 11 rings (SSSR count).